The Morgan fingerprint density at radius 3 is 2.91 bits per heavy atom. The molecule has 1 fully saturated rings. The third-order valence-electron chi connectivity index (χ3n) is 5.22. The molecule has 1 aliphatic heterocycles. The van der Waals surface area contributed by atoms with Crippen LogP contribution in [0, 0.1) is 0 Å². The minimum Gasteiger partial charge on any atom is -0.397 e. The number of thiophene rings is 1. The van der Waals surface area contributed by atoms with Gasteiger partial charge in [0.2, 0.25) is 5.91 Å². The zero-order valence-electron chi connectivity index (χ0n) is 17.2. The summed E-state index contributed by atoms with van der Waals surface area (Å²) in [5.74, 6) is 0.814. The van der Waals surface area contributed by atoms with Crippen LogP contribution in [0.15, 0.2) is 53.8 Å². The molecule has 164 valence electrons. The summed E-state index contributed by atoms with van der Waals surface area (Å²) < 4.78 is 7.89. The first-order chi connectivity index (χ1) is 15.7. The van der Waals surface area contributed by atoms with E-state index < -0.39 is 0 Å². The van der Waals surface area contributed by atoms with E-state index in [1.165, 1.54) is 23.1 Å². The molecule has 4 aromatic rings. The third-order valence-corrected chi connectivity index (χ3v) is 7.32. The van der Waals surface area contributed by atoms with Crippen LogP contribution in [-0.2, 0) is 16.1 Å². The largest absolute Gasteiger partial charge is 0.397 e. The minimum absolute atomic E-state index is 0.0935. The number of hydrogen-bond donors (Lipinski definition) is 2. The zero-order chi connectivity index (χ0) is 21.9. The van der Waals surface area contributed by atoms with E-state index in [0.717, 1.165) is 40.2 Å². The molecule has 8 nitrogen and oxygen atoms in total. The second kappa shape index (κ2) is 9.27. The molecule has 3 N–H and O–H groups in total. The number of aromatic nitrogens is 4. The number of fused-ring (bicyclic) bond motifs is 1. The highest BCUT2D eigenvalue weighted by molar-refractivity contribution is 7.99. The quantitative estimate of drug-likeness (QED) is 0.396. The number of carbonyl (C=O) groups is 1. The van der Waals surface area contributed by atoms with Crippen LogP contribution in [0.5, 0.6) is 0 Å². The molecule has 10 heteroatoms. The zero-order valence-corrected chi connectivity index (χ0v) is 18.9. The molecule has 0 aliphatic carbocycles. The van der Waals surface area contributed by atoms with E-state index in [1.807, 2.05) is 47.0 Å². The maximum Gasteiger partial charge on any atom is 0.234 e. The Kier molecular flexibility index (Phi) is 6.06. The van der Waals surface area contributed by atoms with Crippen LogP contribution >= 0.6 is 23.1 Å². The lowest BCUT2D eigenvalue weighted by atomic mass is 10.2. The lowest BCUT2D eigenvalue weighted by Crippen LogP contribution is -2.18. The molecule has 1 amide bonds. The van der Waals surface area contributed by atoms with Gasteiger partial charge in [-0.15, -0.1) is 21.5 Å². The highest BCUT2D eigenvalue weighted by atomic mass is 32.2. The van der Waals surface area contributed by atoms with Gasteiger partial charge in [-0.2, -0.15) is 0 Å². The monoisotopic (exact) mass is 466 g/mol. The average molecular weight is 467 g/mol. The van der Waals surface area contributed by atoms with Gasteiger partial charge >= 0.3 is 0 Å². The van der Waals surface area contributed by atoms with E-state index in [0.29, 0.717) is 23.2 Å². The van der Waals surface area contributed by atoms with E-state index in [4.69, 9.17) is 10.5 Å². The van der Waals surface area contributed by atoms with Crippen LogP contribution in [0.1, 0.15) is 12.8 Å². The molecule has 5 rings (SSSR count). The molecule has 32 heavy (non-hydrogen) atoms. The number of amides is 1. The maximum atomic E-state index is 12.4. The summed E-state index contributed by atoms with van der Waals surface area (Å²) in [4.78, 5) is 18.6. The molecule has 3 aromatic heterocycles. The number of para-hydroxylation sites is 1. The van der Waals surface area contributed by atoms with Crippen molar-refractivity contribution in [3.05, 3.63) is 48.7 Å². The minimum atomic E-state index is -0.0972. The molecule has 0 radical (unpaired) electrons. The van der Waals surface area contributed by atoms with E-state index in [-0.39, 0.29) is 17.8 Å². The van der Waals surface area contributed by atoms with E-state index >= 15 is 0 Å². The summed E-state index contributed by atoms with van der Waals surface area (Å²) in [5.41, 5.74) is 7.87. The second-order valence-corrected chi connectivity index (χ2v) is 9.40. The van der Waals surface area contributed by atoms with Crippen LogP contribution in [0.25, 0.3) is 20.9 Å². The molecule has 1 aliphatic rings. The summed E-state index contributed by atoms with van der Waals surface area (Å²) in [5, 5.41) is 13.3. The fourth-order valence-electron chi connectivity index (χ4n) is 3.69. The van der Waals surface area contributed by atoms with Crippen molar-refractivity contribution in [2.45, 2.75) is 30.6 Å². The Balaban J connectivity index is 1.41. The van der Waals surface area contributed by atoms with Gasteiger partial charge in [-0.05, 0) is 37.1 Å². The standard InChI is InChI=1S/C22H22N6O2S2/c23-18-16-9-4-10-24-21(16)32-19(18)20-26-27-22(28(20)12-15-8-5-11-30-15)31-13-17(29)25-14-6-2-1-3-7-14/h1-4,6-7,9-10,15H,5,8,11-13,23H2,(H,25,29)/t15-/m1/s1. The van der Waals surface area contributed by atoms with Gasteiger partial charge < -0.3 is 15.8 Å². The van der Waals surface area contributed by atoms with Crippen molar-refractivity contribution < 1.29 is 9.53 Å². The van der Waals surface area contributed by atoms with Crippen molar-refractivity contribution in [3.63, 3.8) is 0 Å². The van der Waals surface area contributed by atoms with E-state index in [1.54, 1.807) is 6.20 Å². The summed E-state index contributed by atoms with van der Waals surface area (Å²) in [7, 11) is 0. The van der Waals surface area contributed by atoms with Gasteiger partial charge in [-0.3, -0.25) is 9.36 Å². The normalized spacial score (nSPS) is 15.9. The summed E-state index contributed by atoms with van der Waals surface area (Å²) >= 11 is 2.86. The number of pyridine rings is 1. The first kappa shape index (κ1) is 20.9. The number of nitrogens with zero attached hydrogens (tertiary/aromatic N) is 4. The predicted molar refractivity (Wildman–Crippen MR) is 128 cm³/mol. The van der Waals surface area contributed by atoms with Crippen molar-refractivity contribution >= 4 is 50.6 Å². The fourth-order valence-corrected chi connectivity index (χ4v) is 5.49. The SMILES string of the molecule is Nc1c(-c2nnc(SCC(=O)Nc3ccccc3)n2C[C@H]2CCCO2)sc2ncccc12. The van der Waals surface area contributed by atoms with Gasteiger partial charge in [0.25, 0.3) is 0 Å². The number of thioether (sulfide) groups is 1. The number of ether oxygens (including phenoxy) is 1. The van der Waals surface area contributed by atoms with Crippen LogP contribution in [0.3, 0.4) is 0 Å². The molecular weight excluding hydrogens is 444 g/mol. The molecule has 1 saturated heterocycles. The lowest BCUT2D eigenvalue weighted by molar-refractivity contribution is -0.113. The first-order valence-corrected chi connectivity index (χ1v) is 12.1. The predicted octanol–water partition coefficient (Wildman–Crippen LogP) is 4.05. The number of hydrogen-bond acceptors (Lipinski definition) is 8. The Hall–Kier alpha value is -2.95. The number of rotatable bonds is 7. The summed E-state index contributed by atoms with van der Waals surface area (Å²) in [6, 6.07) is 13.2. The lowest BCUT2D eigenvalue weighted by Gasteiger charge is -2.14. The van der Waals surface area contributed by atoms with Gasteiger partial charge in [0.15, 0.2) is 11.0 Å². The smallest absolute Gasteiger partial charge is 0.234 e. The molecular formula is C22H22N6O2S2. The van der Waals surface area contributed by atoms with E-state index in [2.05, 4.69) is 20.5 Å². The van der Waals surface area contributed by atoms with Crippen molar-refractivity contribution in [1.29, 1.82) is 0 Å². The molecule has 0 bridgehead atoms. The van der Waals surface area contributed by atoms with E-state index in [9.17, 15) is 4.79 Å². The molecule has 0 saturated carbocycles. The molecule has 0 spiro atoms. The maximum absolute atomic E-state index is 12.4. The van der Waals surface area contributed by atoms with Crippen molar-refractivity contribution in [1.82, 2.24) is 19.7 Å². The Labute approximate surface area is 193 Å². The Morgan fingerprint density at radius 1 is 1.25 bits per heavy atom. The van der Waals surface area contributed by atoms with Gasteiger partial charge in [-0.1, -0.05) is 30.0 Å². The Morgan fingerprint density at radius 2 is 2.12 bits per heavy atom. The van der Waals surface area contributed by atoms with Gasteiger partial charge in [0.05, 0.1) is 29.0 Å². The Bertz CT molecular complexity index is 1230. The summed E-state index contributed by atoms with van der Waals surface area (Å²) in [6.07, 6.45) is 3.88. The average Bonchev–Trinajstić information content (AvgIpc) is 3.54. The van der Waals surface area contributed by atoms with Crippen molar-refractivity contribution in [3.8, 4) is 10.7 Å². The first-order valence-electron chi connectivity index (χ1n) is 10.3. The second-order valence-electron chi connectivity index (χ2n) is 7.46. The number of anilines is 2. The van der Waals surface area contributed by atoms with Gasteiger partial charge in [0, 0.05) is 23.9 Å². The number of nitrogens with one attached hydrogen (secondary N) is 1. The number of carbonyl (C=O) groups excluding carboxylic acids is 1. The third kappa shape index (κ3) is 4.34. The van der Waals surface area contributed by atoms with Gasteiger partial charge in [0.1, 0.15) is 4.83 Å². The van der Waals surface area contributed by atoms with Crippen molar-refractivity contribution in [2.24, 2.45) is 0 Å². The van der Waals surface area contributed by atoms with Crippen LogP contribution in [0.2, 0.25) is 0 Å². The van der Waals surface area contributed by atoms with Crippen LogP contribution in [0.4, 0.5) is 11.4 Å². The molecule has 1 aromatic carbocycles. The number of nitrogen functional groups attached to an aromatic ring is 1. The molecule has 0 unspecified atom stereocenters. The molecule has 4 heterocycles. The topological polar surface area (TPSA) is 108 Å². The summed E-state index contributed by atoms with van der Waals surface area (Å²) in [6.45, 7) is 1.38. The highest BCUT2D eigenvalue weighted by Gasteiger charge is 2.25. The fraction of sp³-hybridized carbons (Fsp3) is 0.273. The number of benzene rings is 1. The van der Waals surface area contributed by atoms with Crippen LogP contribution < -0.4 is 11.1 Å². The van der Waals surface area contributed by atoms with Gasteiger partial charge in [-0.25, -0.2) is 4.98 Å². The van der Waals surface area contributed by atoms with Crippen LogP contribution in [-0.4, -0.2) is 44.1 Å². The number of nitrogens with two attached hydrogens (primary N) is 1. The van der Waals surface area contributed by atoms with Crippen molar-refractivity contribution in [2.75, 3.05) is 23.4 Å². The highest BCUT2D eigenvalue weighted by Crippen LogP contribution is 2.40. The molecule has 1 atom stereocenters.